The highest BCUT2D eigenvalue weighted by Crippen LogP contribution is 2.36. The summed E-state index contributed by atoms with van der Waals surface area (Å²) in [5.74, 6) is -1.92. The Morgan fingerprint density at radius 1 is 1.33 bits per heavy atom. The monoisotopic (exact) mass is 453 g/mol. The molecule has 30 heavy (non-hydrogen) atoms. The van der Waals surface area contributed by atoms with Gasteiger partial charge in [-0.2, -0.15) is 22.6 Å². The van der Waals surface area contributed by atoms with Gasteiger partial charge in [0.05, 0.1) is 4.90 Å². The van der Waals surface area contributed by atoms with Crippen LogP contribution in [-0.4, -0.2) is 48.8 Å². The van der Waals surface area contributed by atoms with Gasteiger partial charge in [-0.1, -0.05) is 13.0 Å². The van der Waals surface area contributed by atoms with Crippen LogP contribution in [0, 0.1) is 5.82 Å². The Balaban J connectivity index is 2.37. The first kappa shape index (κ1) is 23.9. The normalized spacial score (nSPS) is 23.8. The number of benzene rings is 1. The Morgan fingerprint density at radius 3 is 2.47 bits per heavy atom. The van der Waals surface area contributed by atoms with Crippen LogP contribution in [0.4, 0.5) is 22.0 Å². The van der Waals surface area contributed by atoms with Gasteiger partial charge in [0, 0.05) is 13.0 Å². The molecule has 1 heterocycles. The van der Waals surface area contributed by atoms with Crippen LogP contribution in [0.3, 0.4) is 0 Å². The Morgan fingerprint density at radius 2 is 1.93 bits per heavy atom. The molecule has 1 aliphatic heterocycles. The summed E-state index contributed by atoms with van der Waals surface area (Å²) in [4.78, 5) is 12.2. The third-order valence-corrected chi connectivity index (χ3v) is 6.50. The number of amides is 1. The Bertz CT molecular complexity index is 945. The maximum Gasteiger partial charge on any atom is 0.435 e. The molecule has 12 heteroatoms. The predicted octanol–water partition coefficient (Wildman–Crippen LogP) is 3.32. The highest BCUT2D eigenvalue weighted by atomic mass is 32.2. The van der Waals surface area contributed by atoms with Crippen LogP contribution >= 0.6 is 0 Å². The van der Waals surface area contributed by atoms with Crippen LogP contribution in [0.2, 0.25) is 0 Å². The van der Waals surface area contributed by atoms with E-state index in [2.05, 4.69) is 5.10 Å². The molecule has 0 bridgehead atoms. The van der Waals surface area contributed by atoms with Crippen LogP contribution in [0.25, 0.3) is 0 Å². The fourth-order valence-electron chi connectivity index (χ4n) is 2.94. The molecule has 0 radical (unpaired) electrons. The molecular formula is C18H20F5N3O3S. The van der Waals surface area contributed by atoms with Gasteiger partial charge in [0.15, 0.2) is 5.71 Å². The van der Waals surface area contributed by atoms with Gasteiger partial charge in [-0.3, -0.25) is 4.79 Å². The van der Waals surface area contributed by atoms with Crippen LogP contribution in [-0.2, 0) is 14.8 Å². The summed E-state index contributed by atoms with van der Waals surface area (Å²) >= 11 is 0. The molecule has 1 aromatic rings. The standard InChI is InChI=1S/C18H20F5N3O3S/c1-3-4-5-15(18(21,22)23)24-25-16(27)17(2)10-13(20)11-26(17)30(28,29)14-8-6-12(19)7-9-14/h4-9,13H,3,10-11H2,1-2H3,(H,25,27)/b5-4-,24-15+/t13-,17+/m1/s1. The van der Waals surface area contributed by atoms with E-state index in [4.69, 9.17) is 0 Å². The predicted molar refractivity (Wildman–Crippen MR) is 99.3 cm³/mol. The van der Waals surface area contributed by atoms with Gasteiger partial charge in [0.25, 0.3) is 5.91 Å². The SMILES string of the molecule is CC/C=C\C(=N/NC(=O)[C@]1(C)C[C@@H](F)CN1S(=O)(=O)c1ccc(F)cc1)C(F)(F)F. The van der Waals surface area contributed by atoms with E-state index >= 15 is 0 Å². The van der Waals surface area contributed by atoms with E-state index in [-0.39, 0.29) is 11.3 Å². The molecule has 1 saturated heterocycles. The maximum absolute atomic E-state index is 14.1. The molecule has 0 aliphatic carbocycles. The van der Waals surface area contributed by atoms with E-state index in [1.54, 1.807) is 12.3 Å². The van der Waals surface area contributed by atoms with Crippen molar-refractivity contribution in [3.05, 3.63) is 42.2 Å². The maximum atomic E-state index is 14.1. The molecule has 0 unspecified atom stereocenters. The number of alkyl halides is 4. The average molecular weight is 453 g/mol. The molecule has 1 aromatic carbocycles. The van der Waals surface area contributed by atoms with Gasteiger partial charge in [-0.05, 0) is 43.7 Å². The number of rotatable bonds is 6. The fourth-order valence-corrected chi connectivity index (χ4v) is 4.72. The number of nitrogens with zero attached hydrogens (tertiary/aromatic N) is 2. The molecule has 1 fully saturated rings. The zero-order chi connectivity index (χ0) is 22.7. The summed E-state index contributed by atoms with van der Waals surface area (Å²) in [7, 11) is -4.44. The van der Waals surface area contributed by atoms with Crippen molar-refractivity contribution >= 4 is 21.6 Å². The van der Waals surface area contributed by atoms with Crippen molar-refractivity contribution < 1.29 is 35.2 Å². The zero-order valence-electron chi connectivity index (χ0n) is 16.1. The van der Waals surface area contributed by atoms with E-state index in [1.165, 1.54) is 6.08 Å². The molecule has 1 N–H and O–H groups in total. The van der Waals surface area contributed by atoms with E-state index in [1.807, 2.05) is 0 Å². The third kappa shape index (κ3) is 5.04. The summed E-state index contributed by atoms with van der Waals surface area (Å²) in [6, 6.07) is 3.66. The second-order valence-electron chi connectivity index (χ2n) is 6.81. The van der Waals surface area contributed by atoms with Crippen molar-refractivity contribution in [1.82, 2.24) is 9.73 Å². The van der Waals surface area contributed by atoms with Gasteiger partial charge in [0.1, 0.15) is 17.5 Å². The largest absolute Gasteiger partial charge is 0.435 e. The molecule has 0 spiro atoms. The van der Waals surface area contributed by atoms with E-state index in [0.29, 0.717) is 10.4 Å². The topological polar surface area (TPSA) is 78.8 Å². The summed E-state index contributed by atoms with van der Waals surface area (Å²) in [5, 5.41) is 3.06. The lowest BCUT2D eigenvalue weighted by Gasteiger charge is -2.31. The molecule has 2 rings (SSSR count). The van der Waals surface area contributed by atoms with Crippen molar-refractivity contribution in [3.63, 3.8) is 0 Å². The molecule has 0 aromatic heterocycles. The summed E-state index contributed by atoms with van der Waals surface area (Å²) in [6.45, 7) is 2.01. The number of carbonyl (C=O) groups excluding carboxylic acids is 1. The van der Waals surface area contributed by atoms with Crippen molar-refractivity contribution in [2.75, 3.05) is 6.54 Å². The fraction of sp³-hybridized carbons (Fsp3) is 0.444. The number of nitrogens with one attached hydrogen (secondary N) is 1. The smallest absolute Gasteiger partial charge is 0.271 e. The second kappa shape index (κ2) is 8.80. The number of hydrazone groups is 1. The molecule has 1 amide bonds. The average Bonchev–Trinajstić information content (AvgIpc) is 2.97. The van der Waals surface area contributed by atoms with Crippen LogP contribution in [0.15, 0.2) is 46.4 Å². The first-order valence-corrected chi connectivity index (χ1v) is 10.3. The van der Waals surface area contributed by atoms with Crippen LogP contribution in [0.1, 0.15) is 26.7 Å². The van der Waals surface area contributed by atoms with Gasteiger partial charge < -0.3 is 0 Å². The first-order valence-electron chi connectivity index (χ1n) is 8.86. The third-order valence-electron chi connectivity index (χ3n) is 4.50. The minimum atomic E-state index is -4.86. The lowest BCUT2D eigenvalue weighted by molar-refractivity contribution is -0.128. The second-order valence-corrected chi connectivity index (χ2v) is 8.67. The summed E-state index contributed by atoms with van der Waals surface area (Å²) in [5.41, 5.74) is -1.73. The molecule has 2 atom stereocenters. The van der Waals surface area contributed by atoms with Crippen molar-refractivity contribution in [2.24, 2.45) is 5.10 Å². The van der Waals surface area contributed by atoms with Crippen LogP contribution in [0.5, 0.6) is 0 Å². The Hall–Kier alpha value is -2.34. The quantitative estimate of drug-likeness (QED) is 0.408. The Kier molecular flexibility index (Phi) is 7.02. The molecule has 166 valence electrons. The molecule has 1 aliphatic rings. The highest BCUT2D eigenvalue weighted by molar-refractivity contribution is 7.89. The number of sulfonamides is 1. The van der Waals surface area contributed by atoms with E-state index < -0.39 is 58.3 Å². The number of hydrogen-bond donors (Lipinski definition) is 1. The summed E-state index contributed by atoms with van der Waals surface area (Å²) in [6.07, 6.45) is -5.05. The van der Waals surface area contributed by atoms with Crippen molar-refractivity contribution in [3.8, 4) is 0 Å². The van der Waals surface area contributed by atoms with E-state index in [0.717, 1.165) is 31.2 Å². The minimum absolute atomic E-state index is 0.286. The van der Waals surface area contributed by atoms with E-state index in [9.17, 15) is 35.2 Å². The molecule has 6 nitrogen and oxygen atoms in total. The lowest BCUT2D eigenvalue weighted by Crippen LogP contribution is -2.54. The minimum Gasteiger partial charge on any atom is -0.271 e. The van der Waals surface area contributed by atoms with Gasteiger partial charge in [0.2, 0.25) is 10.0 Å². The molecular weight excluding hydrogens is 433 g/mol. The van der Waals surface area contributed by atoms with Gasteiger partial charge in [-0.15, -0.1) is 0 Å². The molecule has 0 saturated carbocycles. The number of halogens is 5. The van der Waals surface area contributed by atoms with Crippen molar-refractivity contribution in [1.29, 1.82) is 0 Å². The first-order chi connectivity index (χ1) is 13.8. The highest BCUT2D eigenvalue weighted by Gasteiger charge is 2.53. The van der Waals surface area contributed by atoms with Gasteiger partial charge in [-0.25, -0.2) is 22.6 Å². The number of hydrogen-bond acceptors (Lipinski definition) is 4. The number of allylic oxidation sites excluding steroid dienone is 2. The number of carbonyl (C=O) groups is 1. The lowest BCUT2D eigenvalue weighted by atomic mass is 9.99. The van der Waals surface area contributed by atoms with Gasteiger partial charge >= 0.3 is 6.18 Å². The summed E-state index contributed by atoms with van der Waals surface area (Å²) < 4.78 is 92.6. The Labute approximate surface area is 170 Å². The zero-order valence-corrected chi connectivity index (χ0v) is 16.9. The van der Waals surface area contributed by atoms with Crippen LogP contribution < -0.4 is 5.43 Å². The van der Waals surface area contributed by atoms with Crippen molar-refractivity contribution in [2.45, 2.75) is 49.5 Å².